The van der Waals surface area contributed by atoms with Crippen LogP contribution < -0.4 is 0 Å². The summed E-state index contributed by atoms with van der Waals surface area (Å²) in [4.78, 5) is 0. The van der Waals surface area contributed by atoms with E-state index in [0.717, 1.165) is 5.41 Å². The van der Waals surface area contributed by atoms with Crippen LogP contribution in [0.1, 0.15) is 54.4 Å². The second-order valence-electron chi connectivity index (χ2n) is 2.66. The van der Waals surface area contributed by atoms with E-state index in [9.17, 15) is 0 Å². The monoisotopic (exact) mass is 130 g/mol. The summed E-state index contributed by atoms with van der Waals surface area (Å²) in [5, 5.41) is 0. The van der Waals surface area contributed by atoms with Crippen molar-refractivity contribution >= 4 is 0 Å². The number of rotatable bonds is 0. The van der Waals surface area contributed by atoms with Crippen LogP contribution in [0.15, 0.2) is 0 Å². The van der Waals surface area contributed by atoms with Gasteiger partial charge >= 0.3 is 0 Å². The molecule has 0 heterocycles. The molecule has 0 bridgehead atoms. The fraction of sp³-hybridized carbons (Fsp3) is 1.00. The number of hydrogen-bond donors (Lipinski definition) is 0. The molecule has 0 aromatic heterocycles. The first-order chi connectivity index (χ1) is 4.21. The van der Waals surface area contributed by atoms with Crippen molar-refractivity contribution in [3.8, 4) is 0 Å². The summed E-state index contributed by atoms with van der Waals surface area (Å²) in [6.45, 7) is 12.6. The predicted octanol–water partition coefficient (Wildman–Crippen LogP) is 3.86. The molecule has 1 fully saturated rings. The molecule has 1 aliphatic rings. The molecule has 1 rings (SSSR count). The Balaban J connectivity index is 0. The molecular formula is C9H22. The van der Waals surface area contributed by atoms with Crippen molar-refractivity contribution in [3.63, 3.8) is 0 Å². The summed E-state index contributed by atoms with van der Waals surface area (Å²) in [7, 11) is 0. The normalized spacial score (nSPS) is 18.0. The minimum atomic E-state index is 0.750. The molecule has 0 spiro atoms. The molecule has 0 N–H and O–H groups in total. The van der Waals surface area contributed by atoms with E-state index in [2.05, 4.69) is 13.8 Å². The van der Waals surface area contributed by atoms with Gasteiger partial charge < -0.3 is 0 Å². The lowest BCUT2D eigenvalue weighted by Crippen LogP contribution is -1.75. The molecule has 0 saturated heterocycles. The van der Waals surface area contributed by atoms with E-state index in [1.54, 1.807) is 0 Å². The average Bonchev–Trinajstić information content (AvgIpc) is 2.56. The van der Waals surface area contributed by atoms with Crippen molar-refractivity contribution in [2.24, 2.45) is 5.41 Å². The zero-order valence-electron chi connectivity index (χ0n) is 7.91. The minimum absolute atomic E-state index is 0.750. The Hall–Kier alpha value is 0. The van der Waals surface area contributed by atoms with Crippen molar-refractivity contribution in [2.45, 2.75) is 54.4 Å². The van der Waals surface area contributed by atoms with E-state index in [4.69, 9.17) is 0 Å². The topological polar surface area (TPSA) is 0 Å². The van der Waals surface area contributed by atoms with Gasteiger partial charge in [0.05, 0.1) is 0 Å². The summed E-state index contributed by atoms with van der Waals surface area (Å²) in [5.41, 5.74) is 0.750. The zero-order valence-corrected chi connectivity index (χ0v) is 7.91. The predicted molar refractivity (Wildman–Crippen MR) is 45.7 cm³/mol. The van der Waals surface area contributed by atoms with Crippen LogP contribution in [-0.2, 0) is 0 Å². The first-order valence-electron chi connectivity index (χ1n) is 4.21. The highest BCUT2D eigenvalue weighted by Crippen LogP contribution is 2.43. The fourth-order valence-electron chi connectivity index (χ4n) is 0.250. The van der Waals surface area contributed by atoms with Crippen LogP contribution in [0.3, 0.4) is 0 Å². The molecule has 0 atom stereocenters. The van der Waals surface area contributed by atoms with Crippen LogP contribution in [0, 0.1) is 5.41 Å². The van der Waals surface area contributed by atoms with Crippen LogP contribution in [0.5, 0.6) is 0 Å². The van der Waals surface area contributed by atoms with Gasteiger partial charge in [-0.05, 0) is 18.3 Å². The summed E-state index contributed by atoms with van der Waals surface area (Å²) >= 11 is 0. The molecule has 1 aliphatic carbocycles. The van der Waals surface area contributed by atoms with E-state index in [0.29, 0.717) is 0 Å². The van der Waals surface area contributed by atoms with Gasteiger partial charge in [0, 0.05) is 0 Å². The van der Waals surface area contributed by atoms with Gasteiger partial charge in [-0.2, -0.15) is 0 Å². The van der Waals surface area contributed by atoms with E-state index in [-0.39, 0.29) is 0 Å². The molecule has 0 heteroatoms. The molecule has 9 heavy (non-hydrogen) atoms. The maximum atomic E-state index is 2.30. The van der Waals surface area contributed by atoms with Gasteiger partial charge in [-0.15, -0.1) is 0 Å². The molecule has 0 amide bonds. The Bertz CT molecular complexity index is 38.0. The lowest BCUT2D eigenvalue weighted by molar-refractivity contribution is 0.653. The molecule has 1 saturated carbocycles. The van der Waals surface area contributed by atoms with Gasteiger partial charge in [-0.1, -0.05) is 41.5 Å². The Kier molecular flexibility index (Phi) is 8.00. The second kappa shape index (κ2) is 6.12. The van der Waals surface area contributed by atoms with Crippen molar-refractivity contribution in [3.05, 3.63) is 0 Å². The maximum absolute atomic E-state index is 2.30. The molecule has 0 aliphatic heterocycles. The van der Waals surface area contributed by atoms with Crippen molar-refractivity contribution in [2.75, 3.05) is 0 Å². The zero-order chi connectivity index (χ0) is 7.91. The van der Waals surface area contributed by atoms with E-state index < -0.39 is 0 Å². The smallest absolute Gasteiger partial charge is 0.0354 e. The maximum Gasteiger partial charge on any atom is -0.0354 e. The first kappa shape index (κ1) is 11.8. The van der Waals surface area contributed by atoms with Gasteiger partial charge in [-0.3, -0.25) is 0 Å². The Morgan fingerprint density at radius 3 is 0.889 bits per heavy atom. The van der Waals surface area contributed by atoms with Crippen LogP contribution in [-0.4, -0.2) is 0 Å². The standard InChI is InChI=1S/C5H10.2C2H6/c1-5(2)3-4-5;2*1-2/h3-4H2,1-2H3;2*1-2H3. The molecule has 0 radical (unpaired) electrons. The Morgan fingerprint density at radius 2 is 0.889 bits per heavy atom. The third kappa shape index (κ3) is 11.5. The molecule has 0 unspecified atom stereocenters. The van der Waals surface area contributed by atoms with Gasteiger partial charge in [0.15, 0.2) is 0 Å². The van der Waals surface area contributed by atoms with Crippen LogP contribution in [0.4, 0.5) is 0 Å². The highest BCUT2D eigenvalue weighted by Gasteiger charge is 2.30. The van der Waals surface area contributed by atoms with Gasteiger partial charge in [0.25, 0.3) is 0 Å². The van der Waals surface area contributed by atoms with Crippen LogP contribution in [0.2, 0.25) is 0 Å². The average molecular weight is 130 g/mol. The second-order valence-corrected chi connectivity index (χ2v) is 2.66. The van der Waals surface area contributed by atoms with E-state index >= 15 is 0 Å². The summed E-state index contributed by atoms with van der Waals surface area (Å²) in [5.74, 6) is 0. The van der Waals surface area contributed by atoms with Crippen LogP contribution in [0.25, 0.3) is 0 Å². The SMILES string of the molecule is CC.CC.CC1(C)CC1. The van der Waals surface area contributed by atoms with Crippen molar-refractivity contribution in [1.29, 1.82) is 0 Å². The van der Waals surface area contributed by atoms with Gasteiger partial charge in [0.2, 0.25) is 0 Å². The molecule has 0 aromatic carbocycles. The van der Waals surface area contributed by atoms with E-state index in [1.807, 2.05) is 27.7 Å². The molecule has 0 nitrogen and oxygen atoms in total. The lowest BCUT2D eigenvalue weighted by atomic mass is 10.2. The lowest BCUT2D eigenvalue weighted by Gasteiger charge is -1.86. The third-order valence-electron chi connectivity index (χ3n) is 1.25. The molecule has 58 valence electrons. The first-order valence-corrected chi connectivity index (χ1v) is 4.21. The number of hydrogen-bond acceptors (Lipinski definition) is 0. The summed E-state index contributed by atoms with van der Waals surface area (Å²) in [6, 6.07) is 0. The Morgan fingerprint density at radius 1 is 0.778 bits per heavy atom. The largest absolute Gasteiger partial charge is 0.0683 e. The van der Waals surface area contributed by atoms with Gasteiger partial charge in [0.1, 0.15) is 0 Å². The fourth-order valence-corrected chi connectivity index (χ4v) is 0.250. The summed E-state index contributed by atoms with van der Waals surface area (Å²) in [6.07, 6.45) is 2.90. The summed E-state index contributed by atoms with van der Waals surface area (Å²) < 4.78 is 0. The quantitative estimate of drug-likeness (QED) is 0.467. The van der Waals surface area contributed by atoms with Gasteiger partial charge in [-0.25, -0.2) is 0 Å². The molecular weight excluding hydrogens is 108 g/mol. The van der Waals surface area contributed by atoms with E-state index in [1.165, 1.54) is 12.8 Å². The highest BCUT2D eigenvalue weighted by molar-refractivity contribution is 4.82. The highest BCUT2D eigenvalue weighted by atomic mass is 14.4. The molecule has 0 aromatic rings. The minimum Gasteiger partial charge on any atom is -0.0683 e. The van der Waals surface area contributed by atoms with Crippen molar-refractivity contribution in [1.82, 2.24) is 0 Å². The Labute approximate surface area is 60.7 Å². The third-order valence-corrected chi connectivity index (χ3v) is 1.25. The van der Waals surface area contributed by atoms with Crippen molar-refractivity contribution < 1.29 is 0 Å². The van der Waals surface area contributed by atoms with Crippen LogP contribution >= 0.6 is 0 Å².